The van der Waals surface area contributed by atoms with Gasteiger partial charge in [0.1, 0.15) is 11.4 Å². The van der Waals surface area contributed by atoms with Crippen molar-refractivity contribution in [2.45, 2.75) is 19.4 Å². The highest BCUT2D eigenvalue weighted by atomic mass is 16.5. The van der Waals surface area contributed by atoms with Crippen LogP contribution in [0.1, 0.15) is 19.4 Å². The third-order valence-electron chi connectivity index (χ3n) is 2.34. The first kappa shape index (κ1) is 9.13. The number of benzene rings is 1. The molecule has 1 heterocycles. The van der Waals surface area contributed by atoms with Crippen LogP contribution in [0.4, 0.5) is 5.69 Å². The zero-order valence-corrected chi connectivity index (χ0v) is 8.79. The molecule has 1 aliphatic heterocycles. The summed E-state index contributed by atoms with van der Waals surface area (Å²) >= 11 is 0. The number of fused-ring (bicyclic) bond motifs is 1. The number of hydrogen-bond acceptors (Lipinski definition) is 2. The number of ether oxygens (including phenoxy) is 1. The van der Waals surface area contributed by atoms with Crippen molar-refractivity contribution in [2.75, 3.05) is 12.4 Å². The highest BCUT2D eigenvalue weighted by Gasteiger charge is 2.21. The van der Waals surface area contributed by atoms with E-state index in [1.165, 1.54) is 0 Å². The molecule has 0 amide bonds. The lowest BCUT2D eigenvalue weighted by molar-refractivity contribution is 0.159. The minimum atomic E-state index is -0.186. The van der Waals surface area contributed by atoms with Gasteiger partial charge in [-0.1, -0.05) is 6.08 Å². The van der Waals surface area contributed by atoms with Crippen LogP contribution in [0.15, 0.2) is 24.3 Å². The van der Waals surface area contributed by atoms with Gasteiger partial charge in [0.05, 0.1) is 0 Å². The van der Waals surface area contributed by atoms with Gasteiger partial charge in [0.2, 0.25) is 0 Å². The Labute approximate surface area is 84.6 Å². The van der Waals surface area contributed by atoms with E-state index in [2.05, 4.69) is 37.4 Å². The van der Waals surface area contributed by atoms with Crippen LogP contribution in [0, 0.1) is 0 Å². The molecule has 1 N–H and O–H groups in total. The van der Waals surface area contributed by atoms with Crippen molar-refractivity contribution in [1.29, 1.82) is 0 Å². The molecule has 1 aliphatic rings. The van der Waals surface area contributed by atoms with E-state index in [-0.39, 0.29) is 5.60 Å². The van der Waals surface area contributed by atoms with Crippen molar-refractivity contribution >= 4 is 11.8 Å². The fourth-order valence-electron chi connectivity index (χ4n) is 1.54. The van der Waals surface area contributed by atoms with Crippen molar-refractivity contribution in [3.8, 4) is 5.75 Å². The van der Waals surface area contributed by atoms with Gasteiger partial charge in [0.15, 0.2) is 0 Å². The molecule has 0 radical (unpaired) electrons. The van der Waals surface area contributed by atoms with E-state index in [0.29, 0.717) is 0 Å². The lowest BCUT2D eigenvalue weighted by Gasteiger charge is -2.27. The summed E-state index contributed by atoms with van der Waals surface area (Å²) in [5.74, 6) is 0.955. The summed E-state index contributed by atoms with van der Waals surface area (Å²) in [6, 6.07) is 6.11. The fourth-order valence-corrected chi connectivity index (χ4v) is 1.54. The van der Waals surface area contributed by atoms with E-state index in [1.54, 1.807) is 0 Å². The number of rotatable bonds is 1. The Morgan fingerprint density at radius 2 is 2.07 bits per heavy atom. The Balaban J connectivity index is 2.41. The quantitative estimate of drug-likeness (QED) is 0.733. The van der Waals surface area contributed by atoms with Crippen LogP contribution in [0.5, 0.6) is 5.75 Å². The Kier molecular flexibility index (Phi) is 1.99. The largest absolute Gasteiger partial charge is 0.483 e. The molecule has 0 unspecified atom stereocenters. The van der Waals surface area contributed by atoms with Crippen molar-refractivity contribution < 1.29 is 4.74 Å². The molecule has 2 heteroatoms. The van der Waals surface area contributed by atoms with E-state index in [1.807, 2.05) is 19.2 Å². The summed E-state index contributed by atoms with van der Waals surface area (Å²) in [7, 11) is 1.92. The topological polar surface area (TPSA) is 21.3 Å². The van der Waals surface area contributed by atoms with Gasteiger partial charge in [0, 0.05) is 18.3 Å². The van der Waals surface area contributed by atoms with E-state index in [9.17, 15) is 0 Å². The number of anilines is 1. The molecule has 14 heavy (non-hydrogen) atoms. The summed E-state index contributed by atoms with van der Waals surface area (Å²) in [6.45, 7) is 4.11. The lowest BCUT2D eigenvalue weighted by Crippen LogP contribution is -2.27. The summed E-state index contributed by atoms with van der Waals surface area (Å²) in [5.41, 5.74) is 2.06. The molecule has 0 saturated heterocycles. The van der Waals surface area contributed by atoms with Gasteiger partial charge >= 0.3 is 0 Å². The molecule has 0 spiro atoms. The maximum atomic E-state index is 5.80. The third-order valence-corrected chi connectivity index (χ3v) is 2.34. The minimum Gasteiger partial charge on any atom is -0.483 e. The van der Waals surface area contributed by atoms with Crippen LogP contribution in [-0.4, -0.2) is 12.6 Å². The minimum absolute atomic E-state index is 0.186. The van der Waals surface area contributed by atoms with E-state index in [4.69, 9.17) is 4.74 Å². The Morgan fingerprint density at radius 1 is 1.29 bits per heavy atom. The van der Waals surface area contributed by atoms with E-state index < -0.39 is 0 Å². The molecule has 0 aromatic heterocycles. The number of hydrogen-bond donors (Lipinski definition) is 1. The zero-order valence-electron chi connectivity index (χ0n) is 8.79. The summed E-state index contributed by atoms with van der Waals surface area (Å²) in [5, 5.41) is 3.11. The Bertz CT molecular complexity index is 380. The average molecular weight is 189 g/mol. The summed E-state index contributed by atoms with van der Waals surface area (Å²) < 4.78 is 5.80. The molecule has 74 valence electrons. The van der Waals surface area contributed by atoms with Gasteiger partial charge in [-0.3, -0.25) is 0 Å². The monoisotopic (exact) mass is 189 g/mol. The second kappa shape index (κ2) is 3.05. The Morgan fingerprint density at radius 3 is 2.79 bits per heavy atom. The van der Waals surface area contributed by atoms with Crippen LogP contribution in [0.2, 0.25) is 0 Å². The van der Waals surface area contributed by atoms with Crippen molar-refractivity contribution in [3.63, 3.8) is 0 Å². The van der Waals surface area contributed by atoms with Crippen LogP contribution in [0.3, 0.4) is 0 Å². The van der Waals surface area contributed by atoms with E-state index >= 15 is 0 Å². The summed E-state index contributed by atoms with van der Waals surface area (Å²) in [6.07, 6.45) is 4.19. The first-order chi connectivity index (χ1) is 6.61. The normalized spacial score (nSPS) is 17.1. The third kappa shape index (κ3) is 1.60. The maximum Gasteiger partial charge on any atom is 0.127 e. The standard InChI is InChI=1S/C12H15NO/c1-12(2)7-6-9-8-10(13-3)4-5-11(9)14-12/h4-8,13H,1-3H3. The molecule has 2 rings (SSSR count). The maximum absolute atomic E-state index is 5.80. The molecule has 0 saturated carbocycles. The Hall–Kier alpha value is -1.44. The SMILES string of the molecule is CNc1ccc2c(c1)C=CC(C)(C)O2. The van der Waals surface area contributed by atoms with Crippen molar-refractivity contribution in [3.05, 3.63) is 29.8 Å². The second-order valence-corrected chi connectivity index (χ2v) is 4.04. The molecule has 2 nitrogen and oxygen atoms in total. The van der Waals surface area contributed by atoms with Crippen molar-refractivity contribution in [2.24, 2.45) is 0 Å². The van der Waals surface area contributed by atoms with Crippen LogP contribution in [0.25, 0.3) is 6.08 Å². The predicted octanol–water partition coefficient (Wildman–Crippen LogP) is 2.91. The molecule has 1 aromatic rings. The molecular formula is C12H15NO. The van der Waals surface area contributed by atoms with Gasteiger partial charge < -0.3 is 10.1 Å². The molecule has 0 atom stereocenters. The second-order valence-electron chi connectivity index (χ2n) is 4.04. The smallest absolute Gasteiger partial charge is 0.127 e. The van der Waals surface area contributed by atoms with Crippen molar-refractivity contribution in [1.82, 2.24) is 0 Å². The highest BCUT2D eigenvalue weighted by molar-refractivity contribution is 5.66. The van der Waals surface area contributed by atoms with Gasteiger partial charge in [-0.05, 0) is 38.1 Å². The van der Waals surface area contributed by atoms with Crippen LogP contribution >= 0.6 is 0 Å². The van der Waals surface area contributed by atoms with Gasteiger partial charge in [-0.2, -0.15) is 0 Å². The first-order valence-electron chi connectivity index (χ1n) is 4.81. The molecule has 0 aliphatic carbocycles. The lowest BCUT2D eigenvalue weighted by atomic mass is 10.0. The molecular weight excluding hydrogens is 174 g/mol. The summed E-state index contributed by atoms with van der Waals surface area (Å²) in [4.78, 5) is 0. The van der Waals surface area contributed by atoms with Gasteiger partial charge in [-0.25, -0.2) is 0 Å². The fraction of sp³-hybridized carbons (Fsp3) is 0.333. The molecule has 1 aromatic carbocycles. The van der Waals surface area contributed by atoms with Gasteiger partial charge in [-0.15, -0.1) is 0 Å². The predicted molar refractivity (Wildman–Crippen MR) is 59.7 cm³/mol. The average Bonchev–Trinajstić information content (AvgIpc) is 2.16. The number of nitrogens with one attached hydrogen (secondary N) is 1. The highest BCUT2D eigenvalue weighted by Crippen LogP contribution is 2.32. The van der Waals surface area contributed by atoms with E-state index in [0.717, 1.165) is 17.0 Å². The first-order valence-corrected chi connectivity index (χ1v) is 4.81. The molecule has 0 bridgehead atoms. The van der Waals surface area contributed by atoms with Gasteiger partial charge in [0.25, 0.3) is 0 Å². The zero-order chi connectivity index (χ0) is 10.2. The van der Waals surface area contributed by atoms with Crippen LogP contribution < -0.4 is 10.1 Å². The van der Waals surface area contributed by atoms with Crippen LogP contribution in [-0.2, 0) is 0 Å². The molecule has 0 fully saturated rings.